The van der Waals surface area contributed by atoms with Gasteiger partial charge in [-0.15, -0.1) is 6.58 Å². The molecular formula is C16H31. The van der Waals surface area contributed by atoms with Gasteiger partial charge < -0.3 is 0 Å². The molecule has 0 bridgehead atoms. The maximum Gasteiger partial charge on any atom is -0.0326 e. The molecule has 0 unspecified atom stereocenters. The predicted molar refractivity (Wildman–Crippen MR) is 75.6 cm³/mol. The lowest BCUT2D eigenvalue weighted by molar-refractivity contribution is 0.552. The Morgan fingerprint density at radius 1 is 0.688 bits per heavy atom. The molecule has 1 radical (unpaired) electrons. The van der Waals surface area contributed by atoms with Crippen molar-refractivity contribution in [2.24, 2.45) is 0 Å². The van der Waals surface area contributed by atoms with Gasteiger partial charge in [-0.1, -0.05) is 76.7 Å². The fourth-order valence-electron chi connectivity index (χ4n) is 2.02. The van der Waals surface area contributed by atoms with Crippen LogP contribution in [-0.4, -0.2) is 0 Å². The van der Waals surface area contributed by atoms with Crippen molar-refractivity contribution in [1.82, 2.24) is 0 Å². The van der Waals surface area contributed by atoms with Crippen molar-refractivity contribution >= 4 is 0 Å². The number of allylic oxidation sites excluding steroid dienone is 1. The second-order valence-corrected chi connectivity index (χ2v) is 5.10. The Morgan fingerprint density at radius 2 is 1.06 bits per heavy atom. The molecule has 0 aliphatic rings. The van der Waals surface area contributed by atoms with Gasteiger partial charge in [0.1, 0.15) is 0 Å². The third-order valence-electron chi connectivity index (χ3n) is 3.10. The van der Waals surface area contributed by atoms with E-state index in [1.807, 2.05) is 0 Å². The largest absolute Gasteiger partial charge is 0.100 e. The van der Waals surface area contributed by atoms with Crippen LogP contribution in [0.4, 0.5) is 0 Å². The highest BCUT2D eigenvalue weighted by atomic mass is 14.0. The third-order valence-corrected chi connectivity index (χ3v) is 3.10. The summed E-state index contributed by atoms with van der Waals surface area (Å²) in [5.74, 6) is 0. The normalized spacial score (nSPS) is 10.6. The fourth-order valence-corrected chi connectivity index (χ4v) is 2.02. The van der Waals surface area contributed by atoms with Gasteiger partial charge in [0.2, 0.25) is 0 Å². The van der Waals surface area contributed by atoms with Crippen molar-refractivity contribution in [1.29, 1.82) is 0 Å². The van der Waals surface area contributed by atoms with E-state index in [-0.39, 0.29) is 0 Å². The summed E-state index contributed by atoms with van der Waals surface area (Å²) in [4.78, 5) is 0. The van der Waals surface area contributed by atoms with Crippen LogP contribution in [0.5, 0.6) is 0 Å². The number of hydrogen-bond donors (Lipinski definition) is 0. The van der Waals surface area contributed by atoms with Crippen LogP contribution in [0, 0.1) is 6.92 Å². The van der Waals surface area contributed by atoms with Crippen LogP contribution in [0.2, 0.25) is 0 Å². The lowest BCUT2D eigenvalue weighted by Gasteiger charge is -2.02. The molecule has 0 heteroatoms. The van der Waals surface area contributed by atoms with E-state index in [1.54, 1.807) is 0 Å². The van der Waals surface area contributed by atoms with Gasteiger partial charge in [0, 0.05) is 0 Å². The molecule has 0 aromatic carbocycles. The van der Waals surface area contributed by atoms with E-state index in [2.05, 4.69) is 20.4 Å². The van der Waals surface area contributed by atoms with Crippen LogP contribution in [0.15, 0.2) is 12.2 Å². The molecule has 0 aromatic heterocycles. The van der Waals surface area contributed by atoms with Crippen LogP contribution in [-0.2, 0) is 0 Å². The summed E-state index contributed by atoms with van der Waals surface area (Å²) in [7, 11) is 0. The highest BCUT2D eigenvalue weighted by Crippen LogP contribution is 2.12. The second kappa shape index (κ2) is 12.8. The quantitative estimate of drug-likeness (QED) is 0.278. The highest BCUT2D eigenvalue weighted by Gasteiger charge is 1.93. The molecule has 95 valence electrons. The van der Waals surface area contributed by atoms with E-state index in [0.717, 1.165) is 6.42 Å². The first-order chi connectivity index (χ1) is 7.77. The monoisotopic (exact) mass is 223 g/mol. The molecule has 0 atom stereocenters. The molecular weight excluding hydrogens is 192 g/mol. The molecule has 0 aliphatic heterocycles. The van der Waals surface area contributed by atoms with E-state index in [1.165, 1.54) is 76.2 Å². The maximum atomic E-state index is 3.93. The molecule has 0 N–H and O–H groups in total. The first-order valence-corrected chi connectivity index (χ1v) is 7.21. The van der Waals surface area contributed by atoms with Crippen LogP contribution in [0.3, 0.4) is 0 Å². The number of hydrogen-bond acceptors (Lipinski definition) is 0. The SMILES string of the molecule is [CH2]CCCCCCCCCCCCC(=C)C. The Hall–Kier alpha value is -0.260. The van der Waals surface area contributed by atoms with Crippen LogP contribution in [0.1, 0.15) is 84.0 Å². The topological polar surface area (TPSA) is 0 Å². The Balaban J connectivity index is 2.90. The van der Waals surface area contributed by atoms with Gasteiger partial charge in [-0.25, -0.2) is 0 Å². The molecule has 0 saturated heterocycles. The van der Waals surface area contributed by atoms with Crippen LogP contribution in [0.25, 0.3) is 0 Å². The molecule has 0 saturated carbocycles. The predicted octanol–water partition coefficient (Wildman–Crippen LogP) is 6.08. The summed E-state index contributed by atoms with van der Waals surface area (Å²) in [6.07, 6.45) is 16.4. The van der Waals surface area contributed by atoms with Crippen molar-refractivity contribution < 1.29 is 0 Å². The average Bonchev–Trinajstić information content (AvgIpc) is 2.25. The second-order valence-electron chi connectivity index (χ2n) is 5.10. The van der Waals surface area contributed by atoms with E-state index in [0.29, 0.717) is 0 Å². The van der Waals surface area contributed by atoms with Crippen molar-refractivity contribution in [2.45, 2.75) is 84.0 Å². The first-order valence-electron chi connectivity index (χ1n) is 7.21. The Kier molecular flexibility index (Phi) is 12.6. The zero-order valence-corrected chi connectivity index (χ0v) is 11.4. The van der Waals surface area contributed by atoms with Crippen molar-refractivity contribution in [2.75, 3.05) is 0 Å². The van der Waals surface area contributed by atoms with E-state index in [4.69, 9.17) is 0 Å². The average molecular weight is 223 g/mol. The van der Waals surface area contributed by atoms with E-state index < -0.39 is 0 Å². The van der Waals surface area contributed by atoms with Gasteiger partial charge >= 0.3 is 0 Å². The van der Waals surface area contributed by atoms with Gasteiger partial charge in [0.25, 0.3) is 0 Å². The molecule has 0 aliphatic carbocycles. The number of rotatable bonds is 12. The van der Waals surface area contributed by atoms with Gasteiger partial charge in [-0.2, -0.15) is 0 Å². The van der Waals surface area contributed by atoms with Crippen molar-refractivity contribution in [3.63, 3.8) is 0 Å². The highest BCUT2D eigenvalue weighted by molar-refractivity contribution is 4.86. The molecule has 0 heterocycles. The minimum Gasteiger partial charge on any atom is -0.100 e. The summed E-state index contributed by atoms with van der Waals surface area (Å²) in [5.41, 5.74) is 1.34. The van der Waals surface area contributed by atoms with Gasteiger partial charge in [-0.3, -0.25) is 0 Å². The molecule has 0 aromatic rings. The molecule has 0 amide bonds. The molecule has 0 rings (SSSR count). The van der Waals surface area contributed by atoms with E-state index >= 15 is 0 Å². The Labute approximate surface area is 104 Å². The van der Waals surface area contributed by atoms with E-state index in [9.17, 15) is 0 Å². The lowest BCUT2D eigenvalue weighted by atomic mass is 10.0. The molecule has 16 heavy (non-hydrogen) atoms. The van der Waals surface area contributed by atoms with Gasteiger partial charge in [0.15, 0.2) is 0 Å². The molecule has 0 nitrogen and oxygen atoms in total. The van der Waals surface area contributed by atoms with Crippen LogP contribution < -0.4 is 0 Å². The smallest absolute Gasteiger partial charge is 0.0326 e. The summed E-state index contributed by atoms with van der Waals surface area (Å²) in [6.45, 7) is 9.93. The summed E-state index contributed by atoms with van der Waals surface area (Å²) in [5, 5.41) is 0. The minimum absolute atomic E-state index is 1.11. The van der Waals surface area contributed by atoms with Crippen LogP contribution >= 0.6 is 0 Å². The molecule has 0 spiro atoms. The first kappa shape index (κ1) is 15.7. The maximum absolute atomic E-state index is 3.93. The standard InChI is InChI=1S/C16H31/c1-4-5-6-7-8-9-10-11-12-13-14-15-16(2)3/h1-2,4-15H2,3H3. The summed E-state index contributed by atoms with van der Waals surface area (Å²) >= 11 is 0. The third kappa shape index (κ3) is 13.7. The fraction of sp³-hybridized carbons (Fsp3) is 0.812. The lowest BCUT2D eigenvalue weighted by Crippen LogP contribution is -1.82. The zero-order chi connectivity index (χ0) is 12.1. The van der Waals surface area contributed by atoms with Crippen molar-refractivity contribution in [3.8, 4) is 0 Å². The minimum atomic E-state index is 1.11. The van der Waals surface area contributed by atoms with Gasteiger partial charge in [-0.05, 0) is 19.8 Å². The van der Waals surface area contributed by atoms with Crippen molar-refractivity contribution in [3.05, 3.63) is 19.1 Å². The number of unbranched alkanes of at least 4 members (excludes halogenated alkanes) is 10. The summed E-state index contributed by atoms with van der Waals surface area (Å²) in [6, 6.07) is 0. The van der Waals surface area contributed by atoms with Gasteiger partial charge in [0.05, 0.1) is 0 Å². The zero-order valence-electron chi connectivity index (χ0n) is 11.4. The summed E-state index contributed by atoms with van der Waals surface area (Å²) < 4.78 is 0. The molecule has 0 fully saturated rings. The Bertz CT molecular complexity index is 146. The Morgan fingerprint density at radius 3 is 1.44 bits per heavy atom.